The van der Waals surface area contributed by atoms with Crippen molar-refractivity contribution in [3.05, 3.63) is 12.2 Å². The summed E-state index contributed by atoms with van der Waals surface area (Å²) in [5.41, 5.74) is 0. The molecular formula is C10H16N10. The van der Waals surface area contributed by atoms with Gasteiger partial charge in [0.2, 0.25) is 0 Å². The van der Waals surface area contributed by atoms with Crippen LogP contribution in [0.15, 0.2) is 12.2 Å². The van der Waals surface area contributed by atoms with E-state index in [-0.39, 0.29) is 12.1 Å². The summed E-state index contributed by atoms with van der Waals surface area (Å²) in [4.78, 5) is 0. The van der Waals surface area contributed by atoms with Crippen molar-refractivity contribution in [1.29, 1.82) is 0 Å². The van der Waals surface area contributed by atoms with Crippen LogP contribution in [0.3, 0.4) is 0 Å². The lowest BCUT2D eigenvalue weighted by Gasteiger charge is -2.43. The first-order valence-electron chi connectivity index (χ1n) is 6.31. The van der Waals surface area contributed by atoms with Crippen LogP contribution in [-0.2, 0) is 14.1 Å². The molecule has 0 unspecified atom stereocenters. The van der Waals surface area contributed by atoms with Crippen LogP contribution in [0.1, 0.15) is 13.8 Å². The molecule has 0 aliphatic carbocycles. The standard InChI is InChI=1S/C10H16N10/c1-7-5-6-8(2)20(10-12-14-16-18(10)4)19(7)9-11-13-15-17(9)3/h5-8H,1-4H3/t7-,8+. The molecule has 3 heterocycles. The zero-order chi connectivity index (χ0) is 14.3. The van der Waals surface area contributed by atoms with Crippen molar-refractivity contribution in [2.45, 2.75) is 25.9 Å². The summed E-state index contributed by atoms with van der Waals surface area (Å²) >= 11 is 0. The normalized spacial score (nSPS) is 22.6. The molecule has 0 spiro atoms. The van der Waals surface area contributed by atoms with Gasteiger partial charge in [0.1, 0.15) is 0 Å². The van der Waals surface area contributed by atoms with Gasteiger partial charge in [-0.25, -0.2) is 19.4 Å². The van der Waals surface area contributed by atoms with Gasteiger partial charge in [-0.15, -0.1) is 0 Å². The molecule has 0 radical (unpaired) electrons. The van der Waals surface area contributed by atoms with Crippen molar-refractivity contribution in [2.24, 2.45) is 14.1 Å². The summed E-state index contributed by atoms with van der Waals surface area (Å²) in [5.74, 6) is 1.27. The molecule has 0 saturated heterocycles. The summed E-state index contributed by atoms with van der Waals surface area (Å²) < 4.78 is 3.25. The minimum Gasteiger partial charge on any atom is -0.241 e. The number of nitrogens with zero attached hydrogens (tertiary/aromatic N) is 10. The van der Waals surface area contributed by atoms with E-state index in [1.54, 1.807) is 23.5 Å². The van der Waals surface area contributed by atoms with Gasteiger partial charge < -0.3 is 0 Å². The van der Waals surface area contributed by atoms with Gasteiger partial charge in [0.15, 0.2) is 0 Å². The van der Waals surface area contributed by atoms with Crippen molar-refractivity contribution in [3.63, 3.8) is 0 Å². The fraction of sp³-hybridized carbons (Fsp3) is 0.600. The summed E-state index contributed by atoms with van der Waals surface area (Å²) in [6.07, 6.45) is 4.22. The zero-order valence-electron chi connectivity index (χ0n) is 11.8. The minimum atomic E-state index is 0.0904. The van der Waals surface area contributed by atoms with Crippen molar-refractivity contribution in [2.75, 3.05) is 10.0 Å². The fourth-order valence-electron chi connectivity index (χ4n) is 2.27. The Morgan fingerprint density at radius 1 is 0.800 bits per heavy atom. The van der Waals surface area contributed by atoms with Gasteiger partial charge in [-0.05, 0) is 34.7 Å². The second-order valence-electron chi connectivity index (χ2n) is 4.76. The van der Waals surface area contributed by atoms with Crippen LogP contribution in [0, 0.1) is 0 Å². The Kier molecular flexibility index (Phi) is 2.84. The lowest BCUT2D eigenvalue weighted by Crippen LogP contribution is -2.56. The third kappa shape index (κ3) is 1.80. The first kappa shape index (κ1) is 12.5. The van der Waals surface area contributed by atoms with Crippen LogP contribution in [0.2, 0.25) is 0 Å². The molecule has 1 aliphatic heterocycles. The van der Waals surface area contributed by atoms with Gasteiger partial charge in [0, 0.05) is 14.1 Å². The van der Waals surface area contributed by atoms with Crippen molar-refractivity contribution in [3.8, 4) is 0 Å². The van der Waals surface area contributed by atoms with Crippen molar-refractivity contribution < 1.29 is 0 Å². The lowest BCUT2D eigenvalue weighted by molar-refractivity contribution is 0.549. The van der Waals surface area contributed by atoms with E-state index in [9.17, 15) is 0 Å². The van der Waals surface area contributed by atoms with Crippen LogP contribution < -0.4 is 10.0 Å². The summed E-state index contributed by atoms with van der Waals surface area (Å²) in [5, 5.41) is 27.3. The molecule has 2 aromatic heterocycles. The number of hydrazine groups is 1. The molecule has 1 aliphatic rings. The van der Waals surface area contributed by atoms with Crippen molar-refractivity contribution in [1.82, 2.24) is 40.4 Å². The van der Waals surface area contributed by atoms with Crippen LogP contribution in [-0.4, -0.2) is 52.5 Å². The molecule has 0 saturated carbocycles. The zero-order valence-corrected chi connectivity index (χ0v) is 11.8. The Morgan fingerprint density at radius 2 is 1.20 bits per heavy atom. The molecular weight excluding hydrogens is 260 g/mol. The quantitative estimate of drug-likeness (QED) is 0.665. The second-order valence-corrected chi connectivity index (χ2v) is 4.76. The van der Waals surface area contributed by atoms with E-state index in [4.69, 9.17) is 0 Å². The monoisotopic (exact) mass is 276 g/mol. The molecule has 0 fully saturated rings. The van der Waals surface area contributed by atoms with E-state index in [2.05, 4.69) is 57.1 Å². The fourth-order valence-corrected chi connectivity index (χ4v) is 2.27. The van der Waals surface area contributed by atoms with Gasteiger partial charge in [0.05, 0.1) is 12.1 Å². The second kappa shape index (κ2) is 4.54. The van der Waals surface area contributed by atoms with Crippen LogP contribution in [0.4, 0.5) is 11.9 Å². The number of hydrogen-bond donors (Lipinski definition) is 0. The van der Waals surface area contributed by atoms with Gasteiger partial charge >= 0.3 is 0 Å². The average Bonchev–Trinajstić information content (AvgIpc) is 3.01. The molecule has 2 atom stereocenters. The number of aromatic nitrogens is 8. The smallest absolute Gasteiger partial charge is 0.241 e. The van der Waals surface area contributed by atoms with Gasteiger partial charge in [-0.3, -0.25) is 0 Å². The Morgan fingerprint density at radius 3 is 1.50 bits per heavy atom. The Balaban J connectivity index is 2.10. The average molecular weight is 276 g/mol. The molecule has 0 bridgehead atoms. The third-order valence-electron chi connectivity index (χ3n) is 3.28. The highest BCUT2D eigenvalue weighted by Crippen LogP contribution is 2.26. The lowest BCUT2D eigenvalue weighted by atomic mass is 10.2. The highest BCUT2D eigenvalue weighted by molar-refractivity contribution is 5.49. The maximum atomic E-state index is 4.09. The topological polar surface area (TPSA) is 93.7 Å². The van der Waals surface area contributed by atoms with Gasteiger partial charge in [0.25, 0.3) is 11.9 Å². The van der Waals surface area contributed by atoms with E-state index in [1.165, 1.54) is 0 Å². The molecule has 106 valence electrons. The van der Waals surface area contributed by atoms with Gasteiger partial charge in [-0.1, -0.05) is 22.3 Å². The van der Waals surface area contributed by atoms with E-state index < -0.39 is 0 Å². The predicted molar refractivity (Wildman–Crippen MR) is 70.6 cm³/mol. The Bertz CT molecular complexity index is 573. The first-order chi connectivity index (χ1) is 9.59. The van der Waals surface area contributed by atoms with E-state index in [0.717, 1.165) is 0 Å². The number of tetrazole rings is 2. The summed E-state index contributed by atoms with van der Waals surface area (Å²) in [6.45, 7) is 4.13. The van der Waals surface area contributed by atoms with Crippen molar-refractivity contribution >= 4 is 11.9 Å². The minimum absolute atomic E-state index is 0.0904. The Hall–Kier alpha value is -2.52. The molecule has 20 heavy (non-hydrogen) atoms. The van der Waals surface area contributed by atoms with E-state index >= 15 is 0 Å². The number of rotatable bonds is 2. The molecule has 10 nitrogen and oxygen atoms in total. The molecule has 0 amide bonds. The molecule has 10 heteroatoms. The molecule has 3 rings (SSSR count). The summed E-state index contributed by atoms with van der Waals surface area (Å²) in [7, 11) is 3.61. The van der Waals surface area contributed by atoms with E-state index in [1.807, 2.05) is 10.0 Å². The number of hydrogen-bond acceptors (Lipinski definition) is 8. The molecule has 2 aromatic rings. The predicted octanol–water partition coefficient (Wildman–Crippen LogP) is -0.692. The van der Waals surface area contributed by atoms with Crippen LogP contribution >= 0.6 is 0 Å². The highest BCUT2D eigenvalue weighted by Gasteiger charge is 2.33. The van der Waals surface area contributed by atoms with Gasteiger partial charge in [-0.2, -0.15) is 0 Å². The first-order valence-corrected chi connectivity index (χ1v) is 6.31. The molecule has 0 N–H and O–H groups in total. The highest BCUT2D eigenvalue weighted by atomic mass is 15.8. The third-order valence-corrected chi connectivity index (χ3v) is 3.28. The van der Waals surface area contributed by atoms with Crippen LogP contribution in [0.25, 0.3) is 0 Å². The Labute approximate surface area is 115 Å². The van der Waals surface area contributed by atoms with Crippen LogP contribution in [0.5, 0.6) is 0 Å². The maximum absolute atomic E-state index is 4.09. The largest absolute Gasteiger partial charge is 0.264 e. The number of anilines is 2. The molecule has 0 aromatic carbocycles. The summed E-state index contributed by atoms with van der Waals surface area (Å²) in [6, 6.07) is 0.181. The maximum Gasteiger partial charge on any atom is 0.264 e. The number of aryl methyl sites for hydroxylation is 2. The van der Waals surface area contributed by atoms with E-state index in [0.29, 0.717) is 11.9 Å². The SMILES string of the molecule is C[C@@H]1C=C[C@H](C)N(c2nnnn2C)N1c1nnnn1C.